The van der Waals surface area contributed by atoms with Gasteiger partial charge < -0.3 is 0 Å². The first-order chi connectivity index (χ1) is 13.0. The van der Waals surface area contributed by atoms with E-state index in [4.69, 9.17) is 0 Å². The summed E-state index contributed by atoms with van der Waals surface area (Å²) in [6.07, 6.45) is 0. The van der Waals surface area contributed by atoms with Crippen LogP contribution in [0.25, 0.3) is 20.1 Å². The minimum Gasteiger partial charge on any atom is -0.295 e. The molecule has 0 aliphatic carbocycles. The number of halogens is 3. The van der Waals surface area contributed by atoms with Crippen molar-refractivity contribution in [3.05, 3.63) is 70.9 Å². The zero-order valence-corrected chi connectivity index (χ0v) is 15.1. The van der Waals surface area contributed by atoms with Gasteiger partial charge >= 0.3 is 0 Å². The SMILES string of the molecule is O=C(NNc1ccc(F)c(F)c1F)c1ccc(-c2nc3ccccc3s2)s1. The number of nitrogens with zero attached hydrogens (tertiary/aromatic N) is 1. The molecule has 2 N–H and O–H groups in total. The Morgan fingerprint density at radius 1 is 0.926 bits per heavy atom. The second-order valence-corrected chi connectivity index (χ2v) is 7.57. The van der Waals surface area contributed by atoms with Gasteiger partial charge in [-0.25, -0.2) is 18.2 Å². The number of para-hydroxylation sites is 1. The lowest BCUT2D eigenvalue weighted by molar-refractivity contribution is 0.0966. The summed E-state index contributed by atoms with van der Waals surface area (Å²) < 4.78 is 40.8. The van der Waals surface area contributed by atoms with Crippen molar-refractivity contribution >= 4 is 44.5 Å². The van der Waals surface area contributed by atoms with Gasteiger partial charge in [-0.1, -0.05) is 12.1 Å². The molecular formula is C18H10F3N3OS2. The second kappa shape index (κ2) is 7.01. The highest BCUT2D eigenvalue weighted by Gasteiger charge is 2.16. The molecule has 4 aromatic rings. The van der Waals surface area contributed by atoms with E-state index in [1.807, 2.05) is 24.3 Å². The maximum atomic E-state index is 13.6. The first-order valence-electron chi connectivity index (χ1n) is 7.68. The Labute approximate surface area is 159 Å². The van der Waals surface area contributed by atoms with E-state index >= 15 is 0 Å². The van der Waals surface area contributed by atoms with Crippen LogP contribution in [-0.4, -0.2) is 10.9 Å². The number of amides is 1. The van der Waals surface area contributed by atoms with E-state index in [0.717, 1.165) is 32.2 Å². The monoisotopic (exact) mass is 405 g/mol. The number of carbonyl (C=O) groups excluding carboxylic acids is 1. The molecule has 0 unspecified atom stereocenters. The van der Waals surface area contributed by atoms with Gasteiger partial charge in [0.1, 0.15) is 5.01 Å². The van der Waals surface area contributed by atoms with Crippen molar-refractivity contribution in [2.45, 2.75) is 0 Å². The van der Waals surface area contributed by atoms with Gasteiger partial charge in [0, 0.05) is 0 Å². The van der Waals surface area contributed by atoms with E-state index in [-0.39, 0.29) is 5.69 Å². The molecule has 0 aliphatic rings. The predicted octanol–water partition coefficient (Wildman–Crippen LogP) is 5.20. The molecule has 2 heterocycles. The largest absolute Gasteiger partial charge is 0.295 e. The van der Waals surface area contributed by atoms with Crippen molar-refractivity contribution in [1.82, 2.24) is 10.4 Å². The normalized spacial score (nSPS) is 10.9. The van der Waals surface area contributed by atoms with Gasteiger partial charge in [0.25, 0.3) is 5.91 Å². The number of hydrogen-bond acceptors (Lipinski definition) is 5. The van der Waals surface area contributed by atoms with Crippen molar-refractivity contribution < 1.29 is 18.0 Å². The lowest BCUT2D eigenvalue weighted by Gasteiger charge is -2.09. The molecule has 27 heavy (non-hydrogen) atoms. The molecule has 2 aromatic heterocycles. The Balaban J connectivity index is 1.50. The first-order valence-corrected chi connectivity index (χ1v) is 9.32. The van der Waals surface area contributed by atoms with Crippen LogP contribution < -0.4 is 10.9 Å². The summed E-state index contributed by atoms with van der Waals surface area (Å²) in [5, 5.41) is 0.792. The van der Waals surface area contributed by atoms with Crippen molar-refractivity contribution in [3.63, 3.8) is 0 Å². The van der Waals surface area contributed by atoms with E-state index in [1.165, 1.54) is 22.7 Å². The highest BCUT2D eigenvalue weighted by Crippen LogP contribution is 2.34. The smallest absolute Gasteiger partial charge is 0.279 e. The summed E-state index contributed by atoms with van der Waals surface area (Å²) in [6.45, 7) is 0. The number of anilines is 1. The molecule has 2 aromatic carbocycles. The van der Waals surface area contributed by atoms with Gasteiger partial charge in [0.2, 0.25) is 0 Å². The summed E-state index contributed by atoms with van der Waals surface area (Å²) in [7, 11) is 0. The Morgan fingerprint density at radius 2 is 1.74 bits per heavy atom. The molecule has 1 amide bonds. The lowest BCUT2D eigenvalue weighted by atomic mass is 10.3. The number of fused-ring (bicyclic) bond motifs is 1. The topological polar surface area (TPSA) is 54.0 Å². The van der Waals surface area contributed by atoms with Crippen molar-refractivity contribution in [1.29, 1.82) is 0 Å². The van der Waals surface area contributed by atoms with E-state index in [2.05, 4.69) is 15.8 Å². The van der Waals surface area contributed by atoms with Crippen molar-refractivity contribution in [2.24, 2.45) is 0 Å². The molecule has 4 nitrogen and oxygen atoms in total. The number of thiazole rings is 1. The third kappa shape index (κ3) is 3.38. The zero-order chi connectivity index (χ0) is 19.0. The summed E-state index contributed by atoms with van der Waals surface area (Å²) >= 11 is 2.74. The van der Waals surface area contributed by atoms with Gasteiger partial charge in [-0.2, -0.15) is 0 Å². The lowest BCUT2D eigenvalue weighted by Crippen LogP contribution is -2.29. The van der Waals surface area contributed by atoms with Gasteiger partial charge in [0.15, 0.2) is 17.5 Å². The van der Waals surface area contributed by atoms with Crippen LogP contribution in [0.3, 0.4) is 0 Å². The van der Waals surface area contributed by atoms with Crippen LogP contribution in [0.4, 0.5) is 18.9 Å². The molecule has 0 spiro atoms. The Morgan fingerprint density at radius 3 is 2.56 bits per heavy atom. The quantitative estimate of drug-likeness (QED) is 0.363. The number of hydrogen-bond donors (Lipinski definition) is 2. The number of carbonyl (C=O) groups is 1. The number of nitrogens with one attached hydrogen (secondary N) is 2. The fraction of sp³-hybridized carbons (Fsp3) is 0. The van der Waals surface area contributed by atoms with Crippen LogP contribution in [0, 0.1) is 17.5 Å². The fourth-order valence-electron chi connectivity index (χ4n) is 2.36. The number of aromatic nitrogens is 1. The van der Waals surface area contributed by atoms with E-state index in [1.54, 1.807) is 12.1 Å². The fourth-order valence-corrected chi connectivity index (χ4v) is 4.28. The number of hydrazine groups is 1. The average molecular weight is 405 g/mol. The minimum atomic E-state index is -1.61. The summed E-state index contributed by atoms with van der Waals surface area (Å²) in [5.41, 5.74) is 5.04. The Hall–Kier alpha value is -2.91. The number of benzene rings is 2. The second-order valence-electron chi connectivity index (χ2n) is 5.45. The molecule has 136 valence electrons. The van der Waals surface area contributed by atoms with Crippen molar-refractivity contribution in [2.75, 3.05) is 5.43 Å². The molecule has 9 heteroatoms. The maximum absolute atomic E-state index is 13.6. The maximum Gasteiger partial charge on any atom is 0.279 e. The average Bonchev–Trinajstić information content (AvgIpc) is 3.32. The molecule has 0 fully saturated rings. The highest BCUT2D eigenvalue weighted by atomic mass is 32.1. The predicted molar refractivity (Wildman–Crippen MR) is 100 cm³/mol. The third-order valence-electron chi connectivity index (χ3n) is 3.68. The highest BCUT2D eigenvalue weighted by molar-refractivity contribution is 7.26. The van der Waals surface area contributed by atoms with Crippen molar-refractivity contribution in [3.8, 4) is 9.88 Å². The van der Waals surface area contributed by atoms with Crippen LogP contribution in [0.15, 0.2) is 48.5 Å². The van der Waals surface area contributed by atoms with E-state index in [9.17, 15) is 18.0 Å². The van der Waals surface area contributed by atoms with Crippen LogP contribution in [0.5, 0.6) is 0 Å². The molecule has 0 bridgehead atoms. The molecule has 0 aliphatic heterocycles. The molecule has 0 atom stereocenters. The van der Waals surface area contributed by atoms with Gasteiger partial charge in [-0.05, 0) is 36.4 Å². The summed E-state index contributed by atoms with van der Waals surface area (Å²) in [5.74, 6) is -4.85. The van der Waals surface area contributed by atoms with E-state index in [0.29, 0.717) is 4.88 Å². The zero-order valence-electron chi connectivity index (χ0n) is 13.4. The Kier molecular flexibility index (Phi) is 4.54. The van der Waals surface area contributed by atoms with E-state index < -0.39 is 23.4 Å². The van der Waals surface area contributed by atoms with Crippen LogP contribution in [-0.2, 0) is 0 Å². The third-order valence-corrected chi connectivity index (χ3v) is 5.97. The Bertz CT molecular complexity index is 1120. The molecule has 0 saturated heterocycles. The molecule has 4 rings (SSSR count). The number of thiophene rings is 1. The number of rotatable bonds is 4. The molecule has 0 radical (unpaired) electrons. The van der Waals surface area contributed by atoms with Crippen LogP contribution in [0.1, 0.15) is 9.67 Å². The van der Waals surface area contributed by atoms with Crippen LogP contribution in [0.2, 0.25) is 0 Å². The summed E-state index contributed by atoms with van der Waals surface area (Å²) in [6, 6.07) is 12.9. The standard InChI is InChI=1S/C18H10F3N3OS2/c19-9-5-6-11(16(21)15(9)20)23-24-17(25)13-7-8-14(26-13)18-22-10-3-1-2-4-12(10)27-18/h1-8,23H,(H,24,25). The van der Waals surface area contributed by atoms with Gasteiger partial charge in [0.05, 0.1) is 25.7 Å². The molecule has 0 saturated carbocycles. The summed E-state index contributed by atoms with van der Waals surface area (Å²) in [4.78, 5) is 17.9. The molecular weight excluding hydrogens is 395 g/mol. The van der Waals surface area contributed by atoms with Crippen LogP contribution >= 0.6 is 22.7 Å². The first kappa shape index (κ1) is 17.5. The minimum absolute atomic E-state index is 0.361. The van der Waals surface area contributed by atoms with Gasteiger partial charge in [-0.3, -0.25) is 15.6 Å². The van der Waals surface area contributed by atoms with Gasteiger partial charge in [-0.15, -0.1) is 22.7 Å².